The topological polar surface area (TPSA) is 60.2 Å². The van der Waals surface area contributed by atoms with Crippen molar-refractivity contribution in [1.29, 1.82) is 0 Å². The highest BCUT2D eigenvalue weighted by molar-refractivity contribution is 7.92. The van der Waals surface area contributed by atoms with Crippen LogP contribution >= 0.6 is 0 Å². The summed E-state index contributed by atoms with van der Waals surface area (Å²) in [6.45, 7) is 5.15. The zero-order valence-corrected chi connectivity index (χ0v) is 9.43. The highest BCUT2D eigenvalue weighted by atomic mass is 32.2. The van der Waals surface area contributed by atoms with E-state index in [1.807, 2.05) is 6.92 Å². The van der Waals surface area contributed by atoms with Gasteiger partial charge >= 0.3 is 0 Å². The molecule has 2 N–H and O–H groups in total. The standard InChI is InChI=1S/C10H15NO2S/c1-7(2)14(12,13)10-5-8(3)4-9(11)6-10/h4-7H,11H2,1-3H3. The lowest BCUT2D eigenvalue weighted by Crippen LogP contribution is -2.14. The summed E-state index contributed by atoms with van der Waals surface area (Å²) >= 11 is 0. The second kappa shape index (κ2) is 3.61. The predicted molar refractivity (Wildman–Crippen MR) is 57.9 cm³/mol. The fraction of sp³-hybridized carbons (Fsp3) is 0.400. The van der Waals surface area contributed by atoms with E-state index >= 15 is 0 Å². The highest BCUT2D eigenvalue weighted by Gasteiger charge is 2.19. The Bertz CT molecular complexity index is 415. The summed E-state index contributed by atoms with van der Waals surface area (Å²) in [6, 6.07) is 4.90. The Morgan fingerprint density at radius 1 is 1.21 bits per heavy atom. The molecule has 78 valence electrons. The summed E-state index contributed by atoms with van der Waals surface area (Å²) in [5, 5.41) is -0.413. The van der Waals surface area contributed by atoms with E-state index in [4.69, 9.17) is 5.73 Å². The third-order valence-corrected chi connectivity index (χ3v) is 4.16. The molecule has 4 heteroatoms. The van der Waals surface area contributed by atoms with E-state index < -0.39 is 15.1 Å². The van der Waals surface area contributed by atoms with Crippen molar-refractivity contribution in [2.24, 2.45) is 0 Å². The van der Waals surface area contributed by atoms with Crippen molar-refractivity contribution < 1.29 is 8.42 Å². The van der Waals surface area contributed by atoms with Crippen molar-refractivity contribution in [3.8, 4) is 0 Å². The summed E-state index contributed by atoms with van der Waals surface area (Å²) < 4.78 is 23.6. The first-order chi connectivity index (χ1) is 6.34. The molecule has 1 aromatic carbocycles. The first-order valence-corrected chi connectivity index (χ1v) is 5.99. The van der Waals surface area contributed by atoms with Crippen LogP contribution in [0, 0.1) is 6.92 Å². The molecule has 0 bridgehead atoms. The second-order valence-electron chi connectivity index (χ2n) is 3.67. The number of rotatable bonds is 2. The highest BCUT2D eigenvalue weighted by Crippen LogP contribution is 2.20. The van der Waals surface area contributed by atoms with E-state index in [0.717, 1.165) is 5.56 Å². The molecule has 0 unspecified atom stereocenters. The van der Waals surface area contributed by atoms with E-state index in [1.165, 1.54) is 6.07 Å². The number of hydrogen-bond acceptors (Lipinski definition) is 3. The van der Waals surface area contributed by atoms with Gasteiger partial charge in [-0.3, -0.25) is 0 Å². The van der Waals surface area contributed by atoms with E-state index in [1.54, 1.807) is 26.0 Å². The molecular formula is C10H15NO2S. The lowest BCUT2D eigenvalue weighted by Gasteiger charge is -2.09. The zero-order chi connectivity index (χ0) is 10.9. The van der Waals surface area contributed by atoms with Crippen LogP contribution in [0.15, 0.2) is 23.1 Å². The minimum Gasteiger partial charge on any atom is -0.399 e. The van der Waals surface area contributed by atoms with Gasteiger partial charge in [0.25, 0.3) is 0 Å². The fourth-order valence-corrected chi connectivity index (χ4v) is 2.41. The fourth-order valence-electron chi connectivity index (χ4n) is 1.21. The smallest absolute Gasteiger partial charge is 0.180 e. The summed E-state index contributed by atoms with van der Waals surface area (Å²) in [5.41, 5.74) is 6.95. The molecular weight excluding hydrogens is 198 g/mol. The van der Waals surface area contributed by atoms with Gasteiger partial charge in [-0.25, -0.2) is 8.42 Å². The Kier molecular flexibility index (Phi) is 2.85. The number of nitrogens with two attached hydrogens (primary N) is 1. The molecule has 1 aromatic rings. The Morgan fingerprint density at radius 2 is 1.79 bits per heavy atom. The predicted octanol–water partition coefficient (Wildman–Crippen LogP) is 1.76. The van der Waals surface area contributed by atoms with Crippen molar-refractivity contribution in [2.45, 2.75) is 30.9 Å². The summed E-state index contributed by atoms with van der Waals surface area (Å²) in [5.74, 6) is 0. The van der Waals surface area contributed by atoms with Crippen LogP contribution in [0.25, 0.3) is 0 Å². The lowest BCUT2D eigenvalue weighted by molar-refractivity contribution is 0.587. The third-order valence-electron chi connectivity index (χ3n) is 2.02. The first-order valence-electron chi connectivity index (χ1n) is 4.45. The Balaban J connectivity index is 3.34. The molecule has 0 amide bonds. The molecule has 0 atom stereocenters. The third kappa shape index (κ3) is 2.07. The van der Waals surface area contributed by atoms with Gasteiger partial charge in [0, 0.05) is 5.69 Å². The van der Waals surface area contributed by atoms with Gasteiger partial charge in [-0.05, 0) is 44.5 Å². The van der Waals surface area contributed by atoms with Crippen LogP contribution in [0.2, 0.25) is 0 Å². The number of aryl methyl sites for hydroxylation is 1. The maximum absolute atomic E-state index is 11.8. The van der Waals surface area contributed by atoms with Crippen molar-refractivity contribution >= 4 is 15.5 Å². The number of sulfone groups is 1. The molecule has 0 saturated heterocycles. The zero-order valence-electron chi connectivity index (χ0n) is 8.61. The monoisotopic (exact) mass is 213 g/mol. The largest absolute Gasteiger partial charge is 0.399 e. The van der Waals surface area contributed by atoms with Gasteiger partial charge in [-0.15, -0.1) is 0 Å². The van der Waals surface area contributed by atoms with Gasteiger partial charge in [0.15, 0.2) is 9.84 Å². The molecule has 0 heterocycles. The van der Waals surface area contributed by atoms with Crippen molar-refractivity contribution in [2.75, 3.05) is 5.73 Å². The van der Waals surface area contributed by atoms with Gasteiger partial charge < -0.3 is 5.73 Å². The maximum atomic E-state index is 11.8. The van der Waals surface area contributed by atoms with E-state index in [9.17, 15) is 8.42 Å². The van der Waals surface area contributed by atoms with Crippen LogP contribution in [-0.4, -0.2) is 13.7 Å². The average Bonchev–Trinajstić information content (AvgIpc) is 2.01. The minimum absolute atomic E-state index is 0.310. The molecule has 0 aliphatic carbocycles. The van der Waals surface area contributed by atoms with E-state index in [2.05, 4.69) is 0 Å². The van der Waals surface area contributed by atoms with Gasteiger partial charge in [0.05, 0.1) is 10.1 Å². The Morgan fingerprint density at radius 3 is 2.21 bits per heavy atom. The molecule has 0 fully saturated rings. The van der Waals surface area contributed by atoms with Gasteiger partial charge in [0.2, 0.25) is 0 Å². The molecule has 0 aliphatic heterocycles. The van der Waals surface area contributed by atoms with Crippen LogP contribution in [-0.2, 0) is 9.84 Å². The van der Waals surface area contributed by atoms with Gasteiger partial charge in [0.1, 0.15) is 0 Å². The number of benzene rings is 1. The molecule has 0 radical (unpaired) electrons. The summed E-state index contributed by atoms with van der Waals surface area (Å²) in [4.78, 5) is 0.310. The minimum atomic E-state index is -3.20. The van der Waals surface area contributed by atoms with Crippen LogP contribution in [0.3, 0.4) is 0 Å². The van der Waals surface area contributed by atoms with Crippen LogP contribution < -0.4 is 5.73 Å². The van der Waals surface area contributed by atoms with E-state index in [0.29, 0.717) is 10.6 Å². The molecule has 1 rings (SSSR count). The molecule has 3 nitrogen and oxygen atoms in total. The molecule has 0 saturated carbocycles. The quantitative estimate of drug-likeness (QED) is 0.761. The second-order valence-corrected chi connectivity index (χ2v) is 6.18. The molecule has 14 heavy (non-hydrogen) atoms. The van der Waals surface area contributed by atoms with E-state index in [-0.39, 0.29) is 0 Å². The lowest BCUT2D eigenvalue weighted by atomic mass is 10.2. The van der Waals surface area contributed by atoms with Crippen LogP contribution in [0.4, 0.5) is 5.69 Å². The molecule has 0 spiro atoms. The van der Waals surface area contributed by atoms with Crippen molar-refractivity contribution in [3.63, 3.8) is 0 Å². The normalized spacial score (nSPS) is 12.0. The Hall–Kier alpha value is -1.03. The first kappa shape index (κ1) is 11.0. The number of nitrogen functional groups attached to an aromatic ring is 1. The Labute approximate surface area is 84.9 Å². The van der Waals surface area contributed by atoms with Gasteiger partial charge in [-0.2, -0.15) is 0 Å². The molecule has 0 aliphatic rings. The summed E-state index contributed by atoms with van der Waals surface area (Å²) in [6.07, 6.45) is 0. The van der Waals surface area contributed by atoms with Gasteiger partial charge in [-0.1, -0.05) is 0 Å². The SMILES string of the molecule is Cc1cc(N)cc(S(=O)(=O)C(C)C)c1. The number of hydrogen-bond donors (Lipinski definition) is 1. The van der Waals surface area contributed by atoms with Crippen LogP contribution in [0.1, 0.15) is 19.4 Å². The average molecular weight is 213 g/mol. The van der Waals surface area contributed by atoms with Crippen LogP contribution in [0.5, 0.6) is 0 Å². The van der Waals surface area contributed by atoms with Crippen molar-refractivity contribution in [3.05, 3.63) is 23.8 Å². The number of anilines is 1. The maximum Gasteiger partial charge on any atom is 0.180 e. The molecule has 0 aromatic heterocycles. The summed E-state index contributed by atoms with van der Waals surface area (Å²) in [7, 11) is -3.20. The van der Waals surface area contributed by atoms with Crippen molar-refractivity contribution in [1.82, 2.24) is 0 Å².